The number of benzene rings is 2. The maximum atomic E-state index is 14.7. The Labute approximate surface area is 200 Å². The van der Waals surface area contributed by atoms with Crippen LogP contribution in [0.1, 0.15) is 68.3 Å². The molecule has 0 aliphatic carbocycles. The molecule has 0 spiro atoms. The summed E-state index contributed by atoms with van der Waals surface area (Å²) in [7, 11) is 0. The first kappa shape index (κ1) is 25.4. The van der Waals surface area contributed by atoms with Gasteiger partial charge in [-0.3, -0.25) is 4.57 Å². The highest BCUT2D eigenvalue weighted by atomic mass is 19.1. The van der Waals surface area contributed by atoms with Gasteiger partial charge in [-0.15, -0.1) is 0 Å². The number of imidazole rings is 1. The van der Waals surface area contributed by atoms with Gasteiger partial charge < -0.3 is 15.2 Å². The number of hydrogen-bond donors (Lipinski definition) is 1. The van der Waals surface area contributed by atoms with Crippen LogP contribution in [0, 0.1) is 5.82 Å². The molecule has 0 atom stereocenters. The van der Waals surface area contributed by atoms with Crippen LogP contribution >= 0.6 is 0 Å². The van der Waals surface area contributed by atoms with Crippen LogP contribution in [0.3, 0.4) is 0 Å². The fourth-order valence-corrected chi connectivity index (χ4v) is 3.76. The van der Waals surface area contributed by atoms with Crippen LogP contribution in [-0.4, -0.2) is 27.7 Å². The zero-order valence-corrected chi connectivity index (χ0v) is 20.7. The third-order valence-corrected chi connectivity index (χ3v) is 5.31. The van der Waals surface area contributed by atoms with Crippen molar-refractivity contribution >= 4 is 5.97 Å². The van der Waals surface area contributed by atoms with Crippen LogP contribution in [0.4, 0.5) is 4.39 Å². The van der Waals surface area contributed by atoms with E-state index < -0.39 is 17.4 Å². The summed E-state index contributed by atoms with van der Waals surface area (Å²) in [6.07, 6.45) is 1.66. The lowest BCUT2D eigenvalue weighted by Crippen LogP contribution is -2.25. The Balaban J connectivity index is 1.93. The van der Waals surface area contributed by atoms with Crippen LogP contribution in [-0.2, 0) is 24.2 Å². The van der Waals surface area contributed by atoms with Gasteiger partial charge in [0.25, 0.3) is 6.01 Å². The molecule has 0 amide bonds. The SMILES string of the molecule is CCCOc1nc(CC)c(CN)n1Cc1ccc(-c2cccc(F)c2C(=O)OC(C)(C)C)cc1. The van der Waals surface area contributed by atoms with Crippen LogP contribution in [0.15, 0.2) is 42.5 Å². The summed E-state index contributed by atoms with van der Waals surface area (Å²) in [6, 6.07) is 12.8. The fourth-order valence-electron chi connectivity index (χ4n) is 3.76. The molecule has 6 nitrogen and oxygen atoms in total. The lowest BCUT2D eigenvalue weighted by molar-refractivity contribution is 0.00657. The molecule has 34 heavy (non-hydrogen) atoms. The summed E-state index contributed by atoms with van der Waals surface area (Å²) in [5.41, 5.74) is 9.37. The Hall–Kier alpha value is -3.19. The van der Waals surface area contributed by atoms with E-state index >= 15 is 0 Å². The van der Waals surface area contributed by atoms with Gasteiger partial charge in [0, 0.05) is 6.54 Å². The average Bonchev–Trinajstić information content (AvgIpc) is 3.13. The Morgan fingerprint density at radius 3 is 2.41 bits per heavy atom. The molecule has 0 bridgehead atoms. The summed E-state index contributed by atoms with van der Waals surface area (Å²) >= 11 is 0. The van der Waals surface area contributed by atoms with E-state index in [1.165, 1.54) is 6.07 Å². The number of carbonyl (C=O) groups excluding carboxylic acids is 1. The highest BCUT2D eigenvalue weighted by Gasteiger charge is 2.24. The molecule has 2 N–H and O–H groups in total. The quantitative estimate of drug-likeness (QED) is 0.420. The first-order chi connectivity index (χ1) is 16.2. The van der Waals surface area contributed by atoms with Crippen molar-refractivity contribution in [2.75, 3.05) is 6.61 Å². The number of halogens is 1. The molecule has 0 unspecified atom stereocenters. The number of aromatic nitrogens is 2. The van der Waals surface area contributed by atoms with Crippen LogP contribution < -0.4 is 10.5 Å². The van der Waals surface area contributed by atoms with Gasteiger partial charge in [0.2, 0.25) is 0 Å². The van der Waals surface area contributed by atoms with Crippen molar-refractivity contribution in [1.82, 2.24) is 9.55 Å². The van der Waals surface area contributed by atoms with Gasteiger partial charge in [-0.2, -0.15) is 4.98 Å². The number of aryl methyl sites for hydroxylation is 1. The predicted molar refractivity (Wildman–Crippen MR) is 131 cm³/mol. The molecule has 0 fully saturated rings. The Bertz CT molecular complexity index is 1130. The lowest BCUT2D eigenvalue weighted by atomic mass is 9.98. The molecular formula is C27H34FN3O3. The van der Waals surface area contributed by atoms with E-state index in [1.807, 2.05) is 35.8 Å². The molecule has 1 aromatic heterocycles. The normalized spacial score (nSPS) is 11.5. The number of ether oxygens (including phenoxy) is 2. The zero-order valence-electron chi connectivity index (χ0n) is 20.7. The van der Waals surface area contributed by atoms with Crippen LogP contribution in [0.5, 0.6) is 6.01 Å². The Kier molecular flexibility index (Phi) is 8.10. The third-order valence-electron chi connectivity index (χ3n) is 5.31. The van der Waals surface area contributed by atoms with Gasteiger partial charge >= 0.3 is 5.97 Å². The summed E-state index contributed by atoms with van der Waals surface area (Å²) in [6.45, 7) is 10.9. The highest BCUT2D eigenvalue weighted by Crippen LogP contribution is 2.29. The number of hydrogen-bond acceptors (Lipinski definition) is 5. The maximum Gasteiger partial charge on any atom is 0.342 e. The monoisotopic (exact) mass is 467 g/mol. The van der Waals surface area contributed by atoms with Crippen molar-refractivity contribution in [3.05, 3.63) is 70.8 Å². The predicted octanol–water partition coefficient (Wildman–Crippen LogP) is 5.50. The van der Waals surface area contributed by atoms with Crippen molar-refractivity contribution < 1.29 is 18.7 Å². The minimum atomic E-state index is -0.721. The van der Waals surface area contributed by atoms with E-state index in [9.17, 15) is 9.18 Å². The second-order valence-corrected chi connectivity index (χ2v) is 9.14. The largest absolute Gasteiger partial charge is 0.465 e. The number of nitrogens with zero attached hydrogens (tertiary/aromatic N) is 2. The second kappa shape index (κ2) is 10.8. The number of rotatable bonds is 9. The molecule has 0 saturated carbocycles. The number of nitrogens with two attached hydrogens (primary N) is 1. The summed E-state index contributed by atoms with van der Waals surface area (Å²) < 4.78 is 28.0. The molecule has 2 aromatic carbocycles. The van der Waals surface area contributed by atoms with Crippen molar-refractivity contribution in [3.8, 4) is 17.1 Å². The molecule has 0 aliphatic rings. The molecule has 3 aromatic rings. The average molecular weight is 468 g/mol. The van der Waals surface area contributed by atoms with Crippen molar-refractivity contribution in [3.63, 3.8) is 0 Å². The summed E-state index contributed by atoms with van der Waals surface area (Å²) in [4.78, 5) is 17.3. The molecule has 7 heteroatoms. The summed E-state index contributed by atoms with van der Waals surface area (Å²) in [5.74, 6) is -1.29. The van der Waals surface area contributed by atoms with Gasteiger partial charge in [-0.1, -0.05) is 50.2 Å². The molecular weight excluding hydrogens is 433 g/mol. The van der Waals surface area contributed by atoms with E-state index in [1.54, 1.807) is 32.9 Å². The second-order valence-electron chi connectivity index (χ2n) is 9.14. The highest BCUT2D eigenvalue weighted by molar-refractivity contribution is 5.97. The molecule has 0 aliphatic heterocycles. The van der Waals surface area contributed by atoms with E-state index in [0.29, 0.717) is 31.3 Å². The Morgan fingerprint density at radius 1 is 1.12 bits per heavy atom. The lowest BCUT2D eigenvalue weighted by Gasteiger charge is -2.21. The first-order valence-corrected chi connectivity index (χ1v) is 11.7. The molecule has 0 radical (unpaired) electrons. The first-order valence-electron chi connectivity index (χ1n) is 11.7. The molecule has 3 rings (SSSR count). The minimum absolute atomic E-state index is 0.0620. The Morgan fingerprint density at radius 2 is 1.82 bits per heavy atom. The van der Waals surface area contributed by atoms with E-state index in [4.69, 9.17) is 15.2 Å². The van der Waals surface area contributed by atoms with E-state index in [0.717, 1.165) is 35.4 Å². The van der Waals surface area contributed by atoms with Crippen LogP contribution in [0.25, 0.3) is 11.1 Å². The van der Waals surface area contributed by atoms with Gasteiger partial charge in [0.1, 0.15) is 17.0 Å². The molecule has 0 saturated heterocycles. The van der Waals surface area contributed by atoms with Gasteiger partial charge in [-0.05, 0) is 56.4 Å². The van der Waals surface area contributed by atoms with E-state index in [2.05, 4.69) is 11.9 Å². The third kappa shape index (κ3) is 5.83. The smallest absolute Gasteiger partial charge is 0.342 e. The van der Waals surface area contributed by atoms with Gasteiger partial charge in [0.05, 0.1) is 24.5 Å². The maximum absolute atomic E-state index is 14.7. The molecule has 1 heterocycles. The van der Waals surface area contributed by atoms with E-state index in [-0.39, 0.29) is 5.56 Å². The van der Waals surface area contributed by atoms with Crippen LogP contribution in [0.2, 0.25) is 0 Å². The summed E-state index contributed by atoms with van der Waals surface area (Å²) in [5, 5.41) is 0. The molecule has 182 valence electrons. The van der Waals surface area contributed by atoms with Crippen molar-refractivity contribution in [2.45, 2.75) is 66.2 Å². The van der Waals surface area contributed by atoms with Crippen molar-refractivity contribution in [2.24, 2.45) is 5.73 Å². The van der Waals surface area contributed by atoms with Crippen molar-refractivity contribution in [1.29, 1.82) is 0 Å². The van der Waals surface area contributed by atoms with Gasteiger partial charge in [-0.25, -0.2) is 9.18 Å². The zero-order chi connectivity index (χ0) is 24.9. The standard InChI is InChI=1S/C27H34FN3O3/c1-6-15-33-26-30-22(7-2)23(16-29)31(26)17-18-11-13-19(14-12-18)20-9-8-10-21(28)24(20)25(32)34-27(3,4)5/h8-14H,6-7,15-17,29H2,1-5H3. The topological polar surface area (TPSA) is 79.4 Å². The minimum Gasteiger partial charge on any atom is -0.465 e. The fraction of sp³-hybridized carbons (Fsp3) is 0.407. The number of esters is 1. The number of carbonyl (C=O) groups is 1. The van der Waals surface area contributed by atoms with Gasteiger partial charge in [0.15, 0.2) is 0 Å².